The van der Waals surface area contributed by atoms with Crippen molar-refractivity contribution in [2.45, 2.75) is 37.8 Å². The van der Waals surface area contributed by atoms with E-state index in [1.807, 2.05) is 18.2 Å². The lowest BCUT2D eigenvalue weighted by Gasteiger charge is -2.36. The Labute approximate surface area is 257 Å². The van der Waals surface area contributed by atoms with Crippen LogP contribution in [0.5, 0.6) is 11.5 Å². The quantitative estimate of drug-likeness (QED) is 0.226. The highest BCUT2D eigenvalue weighted by Crippen LogP contribution is 2.43. The topological polar surface area (TPSA) is 69.8 Å². The Kier molecular flexibility index (Phi) is 8.11. The highest BCUT2D eigenvalue weighted by atomic mass is 35.5. The van der Waals surface area contributed by atoms with Gasteiger partial charge in [-0.05, 0) is 60.7 Å². The lowest BCUT2D eigenvalue weighted by Crippen LogP contribution is -2.40. The summed E-state index contributed by atoms with van der Waals surface area (Å²) in [6, 6.07) is 25.0. The molecule has 3 aliphatic heterocycles. The fourth-order valence-corrected chi connectivity index (χ4v) is 6.79. The monoisotopic (exact) mass is 596 g/mol. The molecule has 0 bridgehead atoms. The zero-order valence-corrected chi connectivity index (χ0v) is 25.0. The second-order valence-corrected chi connectivity index (χ2v) is 12.2. The normalized spacial score (nSPS) is 18.9. The zero-order chi connectivity index (χ0) is 29.2. The molecule has 3 aromatic carbocycles. The predicted molar refractivity (Wildman–Crippen MR) is 172 cm³/mol. The van der Waals surface area contributed by atoms with E-state index < -0.39 is 0 Å². The Balaban J connectivity index is 0.976. The minimum atomic E-state index is -0.138. The number of morpholine rings is 1. The number of aromatic amines is 1. The molecule has 7 nitrogen and oxygen atoms in total. The molecule has 0 saturated carbocycles. The van der Waals surface area contributed by atoms with Gasteiger partial charge in [0.05, 0.1) is 6.61 Å². The first-order valence-electron chi connectivity index (χ1n) is 15.3. The number of hydrogen-bond acceptors (Lipinski definition) is 6. The number of ether oxygens (including phenoxy) is 2. The molecule has 1 unspecified atom stereocenters. The van der Waals surface area contributed by atoms with E-state index in [0.29, 0.717) is 19.2 Å². The summed E-state index contributed by atoms with van der Waals surface area (Å²) in [6.45, 7) is 5.23. The maximum absolute atomic E-state index is 11.9. The smallest absolute Gasteiger partial charge is 0.249 e. The molecule has 222 valence electrons. The van der Waals surface area contributed by atoms with Crippen LogP contribution in [-0.2, 0) is 17.6 Å². The fourth-order valence-electron chi connectivity index (χ4n) is 6.56. The van der Waals surface area contributed by atoms with Gasteiger partial charge in [0.2, 0.25) is 5.56 Å². The zero-order valence-electron chi connectivity index (χ0n) is 24.2. The van der Waals surface area contributed by atoms with E-state index in [2.05, 4.69) is 68.6 Å². The van der Waals surface area contributed by atoms with Gasteiger partial charge < -0.3 is 29.6 Å². The molecule has 0 radical (unpaired) electrons. The SMILES string of the molecule is O=c1cc(N2CCOC(c3cccc4c3Oc3ccc(NC5CCN(CCc6ccccc6Cl)CC5)cc3C4)C2)cc[nH]1. The van der Waals surface area contributed by atoms with Gasteiger partial charge in [0.25, 0.3) is 0 Å². The van der Waals surface area contributed by atoms with Crippen molar-refractivity contribution in [2.75, 3.05) is 49.5 Å². The molecule has 3 aliphatic rings. The molecule has 43 heavy (non-hydrogen) atoms. The Bertz CT molecular complexity index is 1650. The van der Waals surface area contributed by atoms with Crippen LogP contribution in [-0.4, -0.2) is 55.3 Å². The molecule has 4 aromatic rings. The first-order chi connectivity index (χ1) is 21.1. The minimum Gasteiger partial charge on any atom is -0.456 e. The highest BCUT2D eigenvalue weighted by molar-refractivity contribution is 6.31. The Morgan fingerprint density at radius 1 is 0.953 bits per heavy atom. The van der Waals surface area contributed by atoms with Gasteiger partial charge in [-0.2, -0.15) is 0 Å². The van der Waals surface area contributed by atoms with Crippen LogP contribution in [0.1, 0.15) is 41.2 Å². The number of hydrogen-bond donors (Lipinski definition) is 2. The minimum absolute atomic E-state index is 0.0959. The number of fused-ring (bicyclic) bond motifs is 2. The van der Waals surface area contributed by atoms with E-state index in [1.54, 1.807) is 12.3 Å². The Morgan fingerprint density at radius 3 is 2.70 bits per heavy atom. The van der Waals surface area contributed by atoms with E-state index in [9.17, 15) is 4.79 Å². The number of benzene rings is 3. The van der Waals surface area contributed by atoms with Crippen LogP contribution in [0.3, 0.4) is 0 Å². The maximum Gasteiger partial charge on any atom is 0.249 e. The van der Waals surface area contributed by atoms with Crippen LogP contribution in [0.4, 0.5) is 11.4 Å². The van der Waals surface area contributed by atoms with E-state index in [0.717, 1.165) is 85.3 Å². The summed E-state index contributed by atoms with van der Waals surface area (Å²) < 4.78 is 12.8. The van der Waals surface area contributed by atoms with Crippen molar-refractivity contribution in [3.05, 3.63) is 117 Å². The van der Waals surface area contributed by atoms with Crippen molar-refractivity contribution >= 4 is 23.0 Å². The summed E-state index contributed by atoms with van der Waals surface area (Å²) in [5.41, 5.74) is 6.62. The van der Waals surface area contributed by atoms with E-state index in [1.165, 1.54) is 16.7 Å². The third kappa shape index (κ3) is 6.30. The number of nitrogens with zero attached hydrogens (tertiary/aromatic N) is 2. The Hall–Kier alpha value is -3.78. The van der Waals surface area contributed by atoms with Crippen molar-refractivity contribution in [3.63, 3.8) is 0 Å². The number of anilines is 2. The molecule has 1 aromatic heterocycles. The van der Waals surface area contributed by atoms with Crippen molar-refractivity contribution in [2.24, 2.45) is 0 Å². The molecule has 2 N–H and O–H groups in total. The number of H-pyrrole nitrogens is 1. The predicted octanol–water partition coefficient (Wildman–Crippen LogP) is 6.42. The summed E-state index contributed by atoms with van der Waals surface area (Å²) in [6.07, 6.45) is 5.61. The maximum atomic E-state index is 11.9. The summed E-state index contributed by atoms with van der Waals surface area (Å²) in [5, 5.41) is 4.66. The molecule has 0 spiro atoms. The third-order valence-electron chi connectivity index (χ3n) is 8.93. The number of pyridine rings is 1. The number of piperidine rings is 1. The molecule has 2 saturated heterocycles. The van der Waals surface area contributed by atoms with Crippen molar-refractivity contribution in [1.29, 1.82) is 0 Å². The number of rotatable bonds is 7. The van der Waals surface area contributed by atoms with Crippen LogP contribution in [0, 0.1) is 0 Å². The van der Waals surface area contributed by atoms with Gasteiger partial charge in [0.15, 0.2) is 0 Å². The molecule has 7 rings (SSSR count). The number of para-hydroxylation sites is 1. The van der Waals surface area contributed by atoms with Gasteiger partial charge in [0.1, 0.15) is 17.6 Å². The molecule has 1 atom stereocenters. The van der Waals surface area contributed by atoms with Crippen molar-refractivity contribution < 1.29 is 9.47 Å². The summed E-state index contributed by atoms with van der Waals surface area (Å²) in [5.74, 6) is 1.81. The molecule has 0 aliphatic carbocycles. The van der Waals surface area contributed by atoms with Gasteiger partial charge >= 0.3 is 0 Å². The van der Waals surface area contributed by atoms with Gasteiger partial charge in [-0.3, -0.25) is 4.79 Å². The first-order valence-corrected chi connectivity index (χ1v) is 15.7. The van der Waals surface area contributed by atoms with Gasteiger partial charge in [-0.15, -0.1) is 0 Å². The summed E-state index contributed by atoms with van der Waals surface area (Å²) >= 11 is 6.35. The average Bonchev–Trinajstić information content (AvgIpc) is 3.04. The number of halogens is 1. The molecule has 0 amide bonds. The van der Waals surface area contributed by atoms with Crippen molar-refractivity contribution in [3.8, 4) is 11.5 Å². The van der Waals surface area contributed by atoms with E-state index in [4.69, 9.17) is 21.1 Å². The third-order valence-corrected chi connectivity index (χ3v) is 9.30. The van der Waals surface area contributed by atoms with Crippen LogP contribution < -0.4 is 20.5 Å². The summed E-state index contributed by atoms with van der Waals surface area (Å²) in [7, 11) is 0. The Morgan fingerprint density at radius 2 is 1.84 bits per heavy atom. The van der Waals surface area contributed by atoms with Crippen LogP contribution in [0.15, 0.2) is 83.8 Å². The van der Waals surface area contributed by atoms with Crippen LogP contribution in [0.25, 0.3) is 0 Å². The second-order valence-electron chi connectivity index (χ2n) is 11.8. The highest BCUT2D eigenvalue weighted by Gasteiger charge is 2.29. The average molecular weight is 597 g/mol. The first kappa shape index (κ1) is 28.0. The largest absolute Gasteiger partial charge is 0.456 e. The standard InChI is InChI=1S/C35H37ClN4O3/c36-31-7-2-1-4-24(31)11-15-39-16-12-27(13-17-39)38-28-8-9-32-26(21-28)20-25-5-3-6-30(35(25)43-32)33-23-40(18-19-42-33)29-10-14-37-34(41)22-29/h1-10,14,21-22,27,33,38H,11-13,15-20,23H2,(H,37,41). The number of nitrogens with one attached hydrogen (secondary N) is 2. The van der Waals surface area contributed by atoms with E-state index in [-0.39, 0.29) is 11.7 Å². The lowest BCUT2D eigenvalue weighted by molar-refractivity contribution is 0.0384. The lowest BCUT2D eigenvalue weighted by atomic mass is 9.95. The van der Waals surface area contributed by atoms with Crippen LogP contribution >= 0.6 is 11.6 Å². The fraction of sp³-hybridized carbons (Fsp3) is 0.343. The number of aromatic nitrogens is 1. The van der Waals surface area contributed by atoms with Gasteiger partial charge in [-0.1, -0.05) is 48.0 Å². The molecular weight excluding hydrogens is 560 g/mol. The molecule has 2 fully saturated rings. The summed E-state index contributed by atoms with van der Waals surface area (Å²) in [4.78, 5) is 19.3. The van der Waals surface area contributed by atoms with Gasteiger partial charge in [-0.25, -0.2) is 0 Å². The van der Waals surface area contributed by atoms with E-state index >= 15 is 0 Å². The van der Waals surface area contributed by atoms with Crippen LogP contribution in [0.2, 0.25) is 5.02 Å². The second kappa shape index (κ2) is 12.4. The number of likely N-dealkylation sites (tertiary alicyclic amines) is 1. The van der Waals surface area contributed by atoms with Crippen molar-refractivity contribution in [1.82, 2.24) is 9.88 Å². The molecule has 4 heterocycles. The van der Waals surface area contributed by atoms with Gasteiger partial charge in [0, 0.05) is 85.0 Å². The molecular formula is C35H37ClN4O3. The molecule has 8 heteroatoms.